The maximum Gasteiger partial charge on any atom is 0.292 e. The van der Waals surface area contributed by atoms with Crippen LogP contribution >= 0.6 is 0 Å². The first kappa shape index (κ1) is 17.2. The highest BCUT2D eigenvalue weighted by molar-refractivity contribution is 5.91. The second-order valence-electron chi connectivity index (χ2n) is 5.35. The first-order valence-electron chi connectivity index (χ1n) is 7.92. The van der Waals surface area contributed by atoms with Crippen molar-refractivity contribution >= 4 is 34.5 Å². The lowest BCUT2D eigenvalue weighted by Gasteiger charge is -2.07. The number of para-hydroxylation sites is 4. The fourth-order valence-corrected chi connectivity index (χ4v) is 2.33. The summed E-state index contributed by atoms with van der Waals surface area (Å²) in [4.78, 5) is 26.5. The highest BCUT2D eigenvalue weighted by atomic mass is 16.6. The summed E-state index contributed by atoms with van der Waals surface area (Å²) in [5.74, 6) is 0.0380. The van der Waals surface area contributed by atoms with E-state index in [0.717, 1.165) is 5.52 Å². The van der Waals surface area contributed by atoms with Gasteiger partial charge >= 0.3 is 0 Å². The van der Waals surface area contributed by atoms with Gasteiger partial charge in [0.1, 0.15) is 11.2 Å². The van der Waals surface area contributed by atoms with Crippen molar-refractivity contribution < 1.29 is 14.1 Å². The lowest BCUT2D eigenvalue weighted by atomic mass is 10.2. The Morgan fingerprint density at radius 2 is 1.92 bits per heavy atom. The zero-order chi connectivity index (χ0) is 18.4. The Morgan fingerprint density at radius 3 is 2.73 bits per heavy atom. The van der Waals surface area contributed by atoms with Crippen LogP contribution in [0.1, 0.15) is 5.89 Å². The third-order valence-corrected chi connectivity index (χ3v) is 3.53. The number of anilines is 1. The molecule has 0 aliphatic heterocycles. The second kappa shape index (κ2) is 7.93. The van der Waals surface area contributed by atoms with Crippen molar-refractivity contribution in [2.24, 2.45) is 0 Å². The molecule has 0 atom stereocenters. The average Bonchev–Trinajstić information content (AvgIpc) is 3.07. The third-order valence-electron chi connectivity index (χ3n) is 3.53. The van der Waals surface area contributed by atoms with Gasteiger partial charge in [0, 0.05) is 31.3 Å². The first-order valence-corrected chi connectivity index (χ1v) is 7.92. The van der Waals surface area contributed by atoms with Crippen LogP contribution in [0.3, 0.4) is 0 Å². The van der Waals surface area contributed by atoms with E-state index >= 15 is 0 Å². The van der Waals surface area contributed by atoms with Gasteiger partial charge in [0.25, 0.3) is 5.69 Å². The van der Waals surface area contributed by atoms with E-state index in [1.54, 1.807) is 24.3 Å². The second-order valence-corrected chi connectivity index (χ2v) is 5.35. The number of nitrogens with one attached hydrogen (secondary N) is 2. The molecule has 0 bridgehead atoms. The number of hydrogen-bond donors (Lipinski definition) is 2. The molecule has 1 amide bonds. The molecule has 26 heavy (non-hydrogen) atoms. The normalized spacial score (nSPS) is 10.9. The summed E-state index contributed by atoms with van der Waals surface area (Å²) in [7, 11) is 0. The van der Waals surface area contributed by atoms with Crippen molar-refractivity contribution in [1.29, 1.82) is 0 Å². The predicted octanol–water partition coefficient (Wildman–Crippen LogP) is 2.98. The summed E-state index contributed by atoms with van der Waals surface area (Å²) in [5, 5.41) is 16.5. The number of rotatable bonds is 7. The number of hydrogen-bond acceptors (Lipinski definition) is 6. The van der Waals surface area contributed by atoms with Crippen LogP contribution in [-0.4, -0.2) is 28.9 Å². The summed E-state index contributed by atoms with van der Waals surface area (Å²) < 4.78 is 5.48. The molecule has 2 N–H and O–H groups in total. The van der Waals surface area contributed by atoms with Gasteiger partial charge in [0.15, 0.2) is 5.58 Å². The molecule has 3 aromatic rings. The van der Waals surface area contributed by atoms with Gasteiger partial charge in [-0.25, -0.2) is 4.98 Å². The van der Waals surface area contributed by atoms with Crippen LogP contribution < -0.4 is 10.6 Å². The highest BCUT2D eigenvalue weighted by Gasteiger charge is 2.11. The van der Waals surface area contributed by atoms with Crippen molar-refractivity contribution in [1.82, 2.24) is 10.3 Å². The number of carbonyl (C=O) groups excluding carboxylic acids is 1. The van der Waals surface area contributed by atoms with Crippen LogP contribution in [0, 0.1) is 10.1 Å². The predicted molar refractivity (Wildman–Crippen MR) is 97.6 cm³/mol. The number of nitro benzene ring substituents is 1. The Hall–Kier alpha value is -3.68. The standard InChI is InChI=1S/C18H16N4O4/c23-17(9-10-18-21-14-6-2-4-8-16(14)26-18)20-12-11-19-13-5-1-3-7-15(13)22(24)25/h1-10,19H,11-12H2,(H,20,23)/b10-9+. The minimum absolute atomic E-state index is 0.00492. The molecule has 0 saturated heterocycles. The fraction of sp³-hybridized carbons (Fsp3) is 0.111. The molecule has 8 nitrogen and oxygen atoms in total. The molecule has 0 unspecified atom stereocenters. The molecule has 0 saturated carbocycles. The van der Waals surface area contributed by atoms with Gasteiger partial charge in [-0.05, 0) is 18.2 Å². The number of nitro groups is 1. The summed E-state index contributed by atoms with van der Waals surface area (Å²) in [6.45, 7) is 0.663. The van der Waals surface area contributed by atoms with E-state index in [1.165, 1.54) is 18.2 Å². The van der Waals surface area contributed by atoms with Gasteiger partial charge < -0.3 is 15.1 Å². The Kier molecular flexibility index (Phi) is 5.23. The van der Waals surface area contributed by atoms with Crippen LogP contribution in [0.15, 0.2) is 59.0 Å². The maximum absolute atomic E-state index is 11.8. The zero-order valence-corrected chi connectivity index (χ0v) is 13.7. The number of aromatic nitrogens is 1. The van der Waals surface area contributed by atoms with E-state index in [0.29, 0.717) is 30.3 Å². The SMILES string of the molecule is O=C(/C=C/c1nc2ccccc2o1)NCCNc1ccccc1[N+](=O)[O-]. The number of nitrogens with zero attached hydrogens (tertiary/aromatic N) is 2. The smallest absolute Gasteiger partial charge is 0.292 e. The molecule has 0 fully saturated rings. The summed E-state index contributed by atoms with van der Waals surface area (Å²) in [6, 6.07) is 13.7. The van der Waals surface area contributed by atoms with Crippen molar-refractivity contribution in [3.8, 4) is 0 Å². The summed E-state index contributed by atoms with van der Waals surface area (Å²) in [5.41, 5.74) is 1.78. The summed E-state index contributed by atoms with van der Waals surface area (Å²) in [6.07, 6.45) is 2.82. The molecule has 0 aliphatic carbocycles. The molecule has 0 radical (unpaired) electrons. The largest absolute Gasteiger partial charge is 0.437 e. The van der Waals surface area contributed by atoms with E-state index in [1.807, 2.05) is 18.2 Å². The molecule has 1 heterocycles. The van der Waals surface area contributed by atoms with Crippen molar-refractivity contribution in [3.63, 3.8) is 0 Å². The molecule has 1 aromatic heterocycles. The number of carbonyl (C=O) groups is 1. The highest BCUT2D eigenvalue weighted by Crippen LogP contribution is 2.22. The molecule has 0 aliphatic rings. The third kappa shape index (κ3) is 4.23. The Balaban J connectivity index is 1.48. The van der Waals surface area contributed by atoms with Crippen molar-refractivity contribution in [2.45, 2.75) is 0 Å². The number of benzene rings is 2. The molecule has 0 spiro atoms. The lowest BCUT2D eigenvalue weighted by Crippen LogP contribution is -2.27. The topological polar surface area (TPSA) is 110 Å². The number of amides is 1. The maximum atomic E-state index is 11.8. The lowest BCUT2D eigenvalue weighted by molar-refractivity contribution is -0.384. The van der Waals surface area contributed by atoms with E-state index in [4.69, 9.17) is 4.42 Å². The minimum atomic E-state index is -0.454. The Labute approximate surface area is 148 Å². The van der Waals surface area contributed by atoms with E-state index in [-0.39, 0.29) is 11.6 Å². The molecule has 3 rings (SSSR count). The summed E-state index contributed by atoms with van der Waals surface area (Å²) >= 11 is 0. The molecule has 132 valence electrons. The van der Waals surface area contributed by atoms with E-state index < -0.39 is 4.92 Å². The first-order chi connectivity index (χ1) is 12.6. The van der Waals surface area contributed by atoms with E-state index in [9.17, 15) is 14.9 Å². The van der Waals surface area contributed by atoms with Crippen LogP contribution in [0.25, 0.3) is 17.2 Å². The Bertz CT molecular complexity index is 931. The Morgan fingerprint density at radius 1 is 1.15 bits per heavy atom. The average molecular weight is 352 g/mol. The van der Waals surface area contributed by atoms with Gasteiger partial charge in [0.2, 0.25) is 11.8 Å². The van der Waals surface area contributed by atoms with Crippen molar-refractivity contribution in [3.05, 3.63) is 70.6 Å². The molecule has 2 aromatic carbocycles. The van der Waals surface area contributed by atoms with Gasteiger partial charge in [0.05, 0.1) is 4.92 Å². The van der Waals surface area contributed by atoms with Gasteiger partial charge in [-0.1, -0.05) is 24.3 Å². The van der Waals surface area contributed by atoms with Crippen LogP contribution in [0.4, 0.5) is 11.4 Å². The molecule has 8 heteroatoms. The van der Waals surface area contributed by atoms with E-state index in [2.05, 4.69) is 15.6 Å². The molecular formula is C18H16N4O4. The monoisotopic (exact) mass is 352 g/mol. The van der Waals surface area contributed by atoms with Crippen molar-refractivity contribution in [2.75, 3.05) is 18.4 Å². The van der Waals surface area contributed by atoms with Gasteiger partial charge in [-0.15, -0.1) is 0 Å². The zero-order valence-electron chi connectivity index (χ0n) is 13.7. The van der Waals surface area contributed by atoms with Crippen LogP contribution in [0.2, 0.25) is 0 Å². The van der Waals surface area contributed by atoms with Gasteiger partial charge in [-0.2, -0.15) is 0 Å². The quantitative estimate of drug-likeness (QED) is 0.293. The number of fused-ring (bicyclic) bond motifs is 1. The number of oxazole rings is 1. The van der Waals surface area contributed by atoms with Crippen LogP contribution in [-0.2, 0) is 4.79 Å². The van der Waals surface area contributed by atoms with Crippen LogP contribution in [0.5, 0.6) is 0 Å². The minimum Gasteiger partial charge on any atom is -0.437 e. The van der Waals surface area contributed by atoms with Gasteiger partial charge in [-0.3, -0.25) is 14.9 Å². The fourth-order valence-electron chi connectivity index (χ4n) is 2.33. The molecular weight excluding hydrogens is 336 g/mol.